The predicted octanol–water partition coefficient (Wildman–Crippen LogP) is 3.03. The Kier molecular flexibility index (Phi) is 9.91. The summed E-state index contributed by atoms with van der Waals surface area (Å²) in [6, 6.07) is 7.70. The molecular formula is C15H23Cl2N3OS. The van der Waals surface area contributed by atoms with E-state index in [-0.39, 0.29) is 12.4 Å². The summed E-state index contributed by atoms with van der Waals surface area (Å²) in [5, 5.41) is 1.40. The van der Waals surface area contributed by atoms with Gasteiger partial charge in [0.25, 0.3) is 0 Å². The fourth-order valence-electron chi connectivity index (χ4n) is 2.09. The molecule has 1 aliphatic heterocycles. The van der Waals surface area contributed by atoms with Crippen molar-refractivity contribution in [2.45, 2.75) is 13.0 Å². The Hall–Kier alpha value is -0.460. The third-order valence-corrected chi connectivity index (χ3v) is 4.47. The van der Waals surface area contributed by atoms with Gasteiger partial charge in [-0.3, -0.25) is 9.89 Å². The number of benzene rings is 1. The summed E-state index contributed by atoms with van der Waals surface area (Å²) in [5.74, 6) is 1.01. The van der Waals surface area contributed by atoms with E-state index in [1.807, 2.05) is 24.3 Å². The number of aliphatic imine (C=N–C) groups is 1. The lowest BCUT2D eigenvalue weighted by molar-refractivity contribution is 0.0381. The molecule has 124 valence electrons. The number of ether oxygens (including phenoxy) is 1. The van der Waals surface area contributed by atoms with Crippen LogP contribution in [0.5, 0.6) is 0 Å². The van der Waals surface area contributed by atoms with Crippen molar-refractivity contribution in [3.05, 3.63) is 34.9 Å². The quantitative estimate of drug-likeness (QED) is 0.479. The zero-order chi connectivity index (χ0) is 14.9. The van der Waals surface area contributed by atoms with Gasteiger partial charge in [-0.25, -0.2) is 0 Å². The van der Waals surface area contributed by atoms with Crippen LogP contribution in [-0.4, -0.2) is 48.7 Å². The number of rotatable bonds is 6. The number of halogens is 2. The molecule has 0 atom stereocenters. The SMILES string of the molecule is Cl.NC(=NCc1ccc(Cl)cc1)SCCCN1CCOCC1. The summed E-state index contributed by atoms with van der Waals surface area (Å²) in [5.41, 5.74) is 7.05. The Balaban J connectivity index is 0.00000242. The highest BCUT2D eigenvalue weighted by Gasteiger charge is 2.09. The van der Waals surface area contributed by atoms with Gasteiger partial charge in [0.1, 0.15) is 0 Å². The van der Waals surface area contributed by atoms with Gasteiger partial charge < -0.3 is 10.5 Å². The van der Waals surface area contributed by atoms with Gasteiger partial charge in [0.2, 0.25) is 0 Å². The van der Waals surface area contributed by atoms with E-state index in [2.05, 4.69) is 9.89 Å². The van der Waals surface area contributed by atoms with Gasteiger partial charge in [0.05, 0.1) is 19.8 Å². The molecule has 0 spiro atoms. The maximum absolute atomic E-state index is 5.92. The lowest BCUT2D eigenvalue weighted by atomic mass is 10.2. The van der Waals surface area contributed by atoms with Gasteiger partial charge in [0.15, 0.2) is 5.17 Å². The third-order valence-electron chi connectivity index (χ3n) is 3.30. The summed E-state index contributed by atoms with van der Waals surface area (Å²) in [6.07, 6.45) is 1.13. The standard InChI is InChI=1S/C15H22ClN3OS.ClH/c16-14-4-2-13(3-5-14)12-18-15(17)21-11-1-6-19-7-9-20-10-8-19;/h2-5H,1,6-12H2,(H2,17,18);1H. The molecule has 0 bridgehead atoms. The maximum Gasteiger partial charge on any atom is 0.154 e. The first-order chi connectivity index (χ1) is 10.2. The number of nitrogens with two attached hydrogens (primary N) is 1. The average molecular weight is 364 g/mol. The van der Waals surface area contributed by atoms with Crippen molar-refractivity contribution in [1.29, 1.82) is 0 Å². The molecule has 7 heteroatoms. The van der Waals surface area contributed by atoms with Crippen LogP contribution in [0.25, 0.3) is 0 Å². The molecule has 1 heterocycles. The van der Waals surface area contributed by atoms with E-state index < -0.39 is 0 Å². The van der Waals surface area contributed by atoms with Crippen LogP contribution >= 0.6 is 35.8 Å². The van der Waals surface area contributed by atoms with Crippen molar-refractivity contribution < 1.29 is 4.74 Å². The second kappa shape index (κ2) is 11.1. The van der Waals surface area contributed by atoms with Crippen molar-refractivity contribution >= 4 is 40.9 Å². The van der Waals surface area contributed by atoms with Crippen molar-refractivity contribution in [2.75, 3.05) is 38.6 Å². The van der Waals surface area contributed by atoms with Crippen LogP contribution in [0.4, 0.5) is 0 Å². The lowest BCUT2D eigenvalue weighted by Crippen LogP contribution is -2.37. The largest absolute Gasteiger partial charge is 0.379 e. The summed E-state index contributed by atoms with van der Waals surface area (Å²) in [6.45, 7) is 5.53. The summed E-state index contributed by atoms with van der Waals surface area (Å²) < 4.78 is 5.33. The van der Waals surface area contributed by atoms with Gasteiger partial charge in [-0.1, -0.05) is 35.5 Å². The zero-order valence-electron chi connectivity index (χ0n) is 12.5. The van der Waals surface area contributed by atoms with E-state index in [1.54, 1.807) is 11.8 Å². The van der Waals surface area contributed by atoms with E-state index in [9.17, 15) is 0 Å². The highest BCUT2D eigenvalue weighted by Crippen LogP contribution is 2.11. The van der Waals surface area contributed by atoms with Crippen molar-refractivity contribution in [3.63, 3.8) is 0 Å². The average Bonchev–Trinajstić information content (AvgIpc) is 2.52. The van der Waals surface area contributed by atoms with Gasteiger partial charge in [-0.05, 0) is 30.7 Å². The van der Waals surface area contributed by atoms with Crippen LogP contribution in [0.3, 0.4) is 0 Å². The van der Waals surface area contributed by atoms with Gasteiger partial charge in [0, 0.05) is 23.9 Å². The Morgan fingerprint density at radius 2 is 1.95 bits per heavy atom. The molecule has 1 fully saturated rings. The van der Waals surface area contributed by atoms with Crippen LogP contribution < -0.4 is 5.73 Å². The van der Waals surface area contributed by atoms with Crippen LogP contribution in [0.15, 0.2) is 29.3 Å². The van der Waals surface area contributed by atoms with Crippen LogP contribution in [0.1, 0.15) is 12.0 Å². The Bertz CT molecular complexity index is 451. The first kappa shape index (κ1) is 19.6. The summed E-state index contributed by atoms with van der Waals surface area (Å²) in [4.78, 5) is 6.82. The number of thioether (sulfide) groups is 1. The Morgan fingerprint density at radius 1 is 1.27 bits per heavy atom. The van der Waals surface area contributed by atoms with E-state index in [0.29, 0.717) is 11.7 Å². The van der Waals surface area contributed by atoms with E-state index in [4.69, 9.17) is 22.1 Å². The number of nitrogens with zero attached hydrogens (tertiary/aromatic N) is 2. The molecule has 4 nitrogen and oxygen atoms in total. The fraction of sp³-hybridized carbons (Fsp3) is 0.533. The van der Waals surface area contributed by atoms with Crippen molar-refractivity contribution in [2.24, 2.45) is 10.7 Å². The minimum absolute atomic E-state index is 0. The van der Waals surface area contributed by atoms with Crippen LogP contribution in [0.2, 0.25) is 5.02 Å². The molecule has 1 saturated heterocycles. The first-order valence-electron chi connectivity index (χ1n) is 7.21. The maximum atomic E-state index is 5.92. The molecule has 2 rings (SSSR count). The second-order valence-corrected chi connectivity index (χ2v) is 6.49. The van der Waals surface area contributed by atoms with E-state index in [1.165, 1.54) is 0 Å². The number of hydrogen-bond donors (Lipinski definition) is 1. The minimum atomic E-state index is 0. The molecule has 1 aliphatic rings. The smallest absolute Gasteiger partial charge is 0.154 e. The fourth-order valence-corrected chi connectivity index (χ4v) is 2.86. The Labute approximate surface area is 147 Å². The normalized spacial score (nSPS) is 16.3. The molecule has 0 aromatic heterocycles. The monoisotopic (exact) mass is 363 g/mol. The molecule has 0 radical (unpaired) electrons. The Morgan fingerprint density at radius 3 is 2.64 bits per heavy atom. The second-order valence-electron chi connectivity index (χ2n) is 4.94. The molecule has 22 heavy (non-hydrogen) atoms. The third kappa shape index (κ3) is 7.70. The predicted molar refractivity (Wildman–Crippen MR) is 98.4 cm³/mol. The molecule has 0 amide bonds. The minimum Gasteiger partial charge on any atom is -0.379 e. The molecule has 1 aromatic rings. The summed E-state index contributed by atoms with van der Waals surface area (Å²) in [7, 11) is 0. The van der Waals surface area contributed by atoms with Crippen LogP contribution in [0, 0.1) is 0 Å². The van der Waals surface area contributed by atoms with E-state index >= 15 is 0 Å². The molecule has 0 unspecified atom stereocenters. The van der Waals surface area contributed by atoms with Gasteiger partial charge in [-0.15, -0.1) is 12.4 Å². The van der Waals surface area contributed by atoms with Gasteiger partial charge in [-0.2, -0.15) is 0 Å². The number of hydrogen-bond acceptors (Lipinski definition) is 4. The molecular weight excluding hydrogens is 341 g/mol. The van der Waals surface area contributed by atoms with Crippen molar-refractivity contribution in [3.8, 4) is 0 Å². The summed E-state index contributed by atoms with van der Waals surface area (Å²) >= 11 is 7.48. The topological polar surface area (TPSA) is 50.8 Å². The van der Waals surface area contributed by atoms with Crippen LogP contribution in [-0.2, 0) is 11.3 Å². The molecule has 0 saturated carbocycles. The molecule has 0 aliphatic carbocycles. The molecule has 2 N–H and O–H groups in total. The number of amidine groups is 1. The first-order valence-corrected chi connectivity index (χ1v) is 8.57. The van der Waals surface area contributed by atoms with Crippen molar-refractivity contribution in [1.82, 2.24) is 4.90 Å². The zero-order valence-corrected chi connectivity index (χ0v) is 14.9. The number of morpholine rings is 1. The highest BCUT2D eigenvalue weighted by atomic mass is 35.5. The molecule has 1 aromatic carbocycles. The van der Waals surface area contributed by atoms with E-state index in [0.717, 1.165) is 55.6 Å². The highest BCUT2D eigenvalue weighted by molar-refractivity contribution is 8.13. The lowest BCUT2D eigenvalue weighted by Gasteiger charge is -2.26. The van der Waals surface area contributed by atoms with Gasteiger partial charge >= 0.3 is 0 Å².